The summed E-state index contributed by atoms with van der Waals surface area (Å²) in [5.41, 5.74) is 1.09. The van der Waals surface area contributed by atoms with Gasteiger partial charge >= 0.3 is 0 Å². The molecule has 0 radical (unpaired) electrons. The third-order valence-corrected chi connectivity index (χ3v) is 2.76. The number of aromatic nitrogens is 3. The zero-order valence-corrected chi connectivity index (χ0v) is 8.90. The first-order chi connectivity index (χ1) is 6.77. The zero-order chi connectivity index (χ0) is 9.97. The van der Waals surface area contributed by atoms with Gasteiger partial charge in [0.1, 0.15) is 0 Å². The molecule has 2 rings (SSSR count). The minimum Gasteiger partial charge on any atom is -0.315 e. The molecule has 78 valence electrons. The number of hydrogen-bond donors (Lipinski definition) is 1. The van der Waals surface area contributed by atoms with Crippen LogP contribution in [0.2, 0.25) is 0 Å². The van der Waals surface area contributed by atoms with E-state index in [0.29, 0.717) is 12.0 Å². The van der Waals surface area contributed by atoms with Crippen LogP contribution in [-0.2, 0) is 0 Å². The van der Waals surface area contributed by atoms with Gasteiger partial charge in [0.2, 0.25) is 0 Å². The molecule has 14 heavy (non-hydrogen) atoms. The third kappa shape index (κ3) is 1.95. The molecule has 1 atom stereocenters. The SMILES string of the molecule is CC(C)c1cn(C2CCCNC2)nn1. The molecule has 0 saturated carbocycles. The van der Waals surface area contributed by atoms with Crippen LogP contribution in [0, 0.1) is 0 Å². The van der Waals surface area contributed by atoms with Crippen molar-refractivity contribution in [2.24, 2.45) is 0 Å². The lowest BCUT2D eigenvalue weighted by atomic mass is 10.1. The normalized spacial score (nSPS) is 22.9. The van der Waals surface area contributed by atoms with Gasteiger partial charge in [0, 0.05) is 12.7 Å². The van der Waals surface area contributed by atoms with Gasteiger partial charge in [-0.3, -0.25) is 0 Å². The van der Waals surface area contributed by atoms with E-state index in [0.717, 1.165) is 18.8 Å². The van der Waals surface area contributed by atoms with E-state index in [1.165, 1.54) is 12.8 Å². The van der Waals surface area contributed by atoms with Crippen LogP contribution in [0.15, 0.2) is 6.20 Å². The molecule has 1 fully saturated rings. The number of nitrogens with zero attached hydrogens (tertiary/aromatic N) is 3. The van der Waals surface area contributed by atoms with Crippen molar-refractivity contribution in [3.63, 3.8) is 0 Å². The van der Waals surface area contributed by atoms with Gasteiger partial charge < -0.3 is 5.32 Å². The highest BCUT2D eigenvalue weighted by molar-refractivity contribution is 4.99. The Hall–Kier alpha value is -0.900. The van der Waals surface area contributed by atoms with Crippen LogP contribution in [0.4, 0.5) is 0 Å². The Kier molecular flexibility index (Phi) is 2.82. The molecule has 0 bridgehead atoms. The van der Waals surface area contributed by atoms with Crippen molar-refractivity contribution in [2.75, 3.05) is 13.1 Å². The van der Waals surface area contributed by atoms with E-state index in [1.54, 1.807) is 0 Å². The van der Waals surface area contributed by atoms with E-state index in [4.69, 9.17) is 0 Å². The highest BCUT2D eigenvalue weighted by atomic mass is 15.4. The van der Waals surface area contributed by atoms with Crippen LogP contribution in [0.3, 0.4) is 0 Å². The van der Waals surface area contributed by atoms with E-state index in [9.17, 15) is 0 Å². The maximum Gasteiger partial charge on any atom is 0.0852 e. The summed E-state index contributed by atoms with van der Waals surface area (Å²) in [6, 6.07) is 0.503. The van der Waals surface area contributed by atoms with Crippen molar-refractivity contribution in [1.29, 1.82) is 0 Å². The summed E-state index contributed by atoms with van der Waals surface area (Å²) in [4.78, 5) is 0. The lowest BCUT2D eigenvalue weighted by molar-refractivity contribution is 0.341. The molecule has 4 heteroatoms. The Morgan fingerprint density at radius 3 is 3.00 bits per heavy atom. The highest BCUT2D eigenvalue weighted by Gasteiger charge is 2.16. The van der Waals surface area contributed by atoms with Crippen molar-refractivity contribution in [1.82, 2.24) is 20.3 Å². The van der Waals surface area contributed by atoms with E-state index in [-0.39, 0.29) is 0 Å². The maximum atomic E-state index is 4.19. The average Bonchev–Trinajstić information content (AvgIpc) is 2.68. The maximum absolute atomic E-state index is 4.19. The van der Waals surface area contributed by atoms with Crippen LogP contribution in [0.25, 0.3) is 0 Å². The molecule has 0 aromatic carbocycles. The molecule has 4 nitrogen and oxygen atoms in total. The van der Waals surface area contributed by atoms with Gasteiger partial charge in [0.25, 0.3) is 0 Å². The quantitative estimate of drug-likeness (QED) is 0.772. The van der Waals surface area contributed by atoms with Gasteiger partial charge in [0.15, 0.2) is 0 Å². The summed E-state index contributed by atoms with van der Waals surface area (Å²) in [5.74, 6) is 0.472. The standard InChI is InChI=1S/C10H18N4/c1-8(2)10-7-14(13-12-10)9-4-3-5-11-6-9/h7-9,11H,3-6H2,1-2H3. The second kappa shape index (κ2) is 4.09. The lowest BCUT2D eigenvalue weighted by Gasteiger charge is -2.22. The van der Waals surface area contributed by atoms with Gasteiger partial charge in [-0.15, -0.1) is 5.10 Å². The molecule has 1 saturated heterocycles. The molecule has 1 aliphatic heterocycles. The summed E-state index contributed by atoms with van der Waals surface area (Å²) in [6.07, 6.45) is 4.54. The molecule has 0 amide bonds. The summed E-state index contributed by atoms with van der Waals surface area (Å²) in [7, 11) is 0. The predicted octanol–water partition coefficient (Wildman–Crippen LogP) is 1.33. The molecule has 1 unspecified atom stereocenters. The molecule has 0 spiro atoms. The number of nitrogens with one attached hydrogen (secondary N) is 1. The number of rotatable bonds is 2. The van der Waals surface area contributed by atoms with E-state index in [2.05, 4.69) is 35.7 Å². The number of hydrogen-bond acceptors (Lipinski definition) is 3. The zero-order valence-electron chi connectivity index (χ0n) is 8.90. The fraction of sp³-hybridized carbons (Fsp3) is 0.800. The topological polar surface area (TPSA) is 42.7 Å². The molecule has 2 heterocycles. The van der Waals surface area contributed by atoms with Crippen LogP contribution in [0.1, 0.15) is 44.3 Å². The minimum atomic E-state index is 0.472. The average molecular weight is 194 g/mol. The van der Waals surface area contributed by atoms with Gasteiger partial charge in [0.05, 0.1) is 11.7 Å². The van der Waals surface area contributed by atoms with Crippen LogP contribution >= 0.6 is 0 Å². The second-order valence-corrected chi connectivity index (χ2v) is 4.28. The molecule has 1 N–H and O–H groups in total. The monoisotopic (exact) mass is 194 g/mol. The first-order valence-electron chi connectivity index (χ1n) is 5.40. The predicted molar refractivity (Wildman–Crippen MR) is 55.3 cm³/mol. The Balaban J connectivity index is 2.07. The smallest absolute Gasteiger partial charge is 0.0852 e. The van der Waals surface area contributed by atoms with Gasteiger partial charge in [-0.25, -0.2) is 4.68 Å². The van der Waals surface area contributed by atoms with E-state index in [1.807, 2.05) is 4.68 Å². The minimum absolute atomic E-state index is 0.472. The fourth-order valence-electron chi connectivity index (χ4n) is 1.79. The molecular weight excluding hydrogens is 176 g/mol. The lowest BCUT2D eigenvalue weighted by Crippen LogP contribution is -2.31. The molecular formula is C10H18N4. The summed E-state index contributed by atoms with van der Waals surface area (Å²) >= 11 is 0. The molecule has 1 aromatic heterocycles. The summed E-state index contributed by atoms with van der Waals surface area (Å²) in [5, 5.41) is 11.7. The van der Waals surface area contributed by atoms with Crippen molar-refractivity contribution in [3.8, 4) is 0 Å². The molecule has 1 aliphatic rings. The Morgan fingerprint density at radius 1 is 1.57 bits per heavy atom. The van der Waals surface area contributed by atoms with Crippen LogP contribution in [0.5, 0.6) is 0 Å². The van der Waals surface area contributed by atoms with Crippen molar-refractivity contribution in [2.45, 2.75) is 38.6 Å². The van der Waals surface area contributed by atoms with Crippen LogP contribution in [-0.4, -0.2) is 28.1 Å². The molecule has 1 aromatic rings. The number of piperidine rings is 1. The van der Waals surface area contributed by atoms with E-state index < -0.39 is 0 Å². The first-order valence-corrected chi connectivity index (χ1v) is 5.40. The second-order valence-electron chi connectivity index (χ2n) is 4.28. The van der Waals surface area contributed by atoms with Crippen molar-refractivity contribution >= 4 is 0 Å². The van der Waals surface area contributed by atoms with E-state index >= 15 is 0 Å². The van der Waals surface area contributed by atoms with Gasteiger partial charge in [-0.2, -0.15) is 0 Å². The Bertz CT molecular complexity index is 286. The summed E-state index contributed by atoms with van der Waals surface area (Å²) in [6.45, 7) is 6.46. The van der Waals surface area contributed by atoms with Gasteiger partial charge in [-0.1, -0.05) is 19.1 Å². The van der Waals surface area contributed by atoms with Gasteiger partial charge in [-0.05, 0) is 25.3 Å². The van der Waals surface area contributed by atoms with Crippen molar-refractivity contribution in [3.05, 3.63) is 11.9 Å². The third-order valence-electron chi connectivity index (χ3n) is 2.76. The Labute approximate surface area is 84.7 Å². The van der Waals surface area contributed by atoms with Crippen molar-refractivity contribution < 1.29 is 0 Å². The largest absolute Gasteiger partial charge is 0.315 e. The first kappa shape index (κ1) is 9.65. The summed E-state index contributed by atoms with van der Waals surface area (Å²) < 4.78 is 2.02. The van der Waals surface area contributed by atoms with Crippen LogP contribution < -0.4 is 5.32 Å². The molecule has 0 aliphatic carbocycles. The Morgan fingerprint density at radius 2 is 2.43 bits per heavy atom. The fourth-order valence-corrected chi connectivity index (χ4v) is 1.79. The highest BCUT2D eigenvalue weighted by Crippen LogP contribution is 2.17.